The van der Waals surface area contributed by atoms with Gasteiger partial charge in [-0.3, -0.25) is 9.80 Å². The molecule has 3 fully saturated rings. The van der Waals surface area contributed by atoms with Gasteiger partial charge in [-0.25, -0.2) is 4.39 Å². The van der Waals surface area contributed by atoms with Gasteiger partial charge < -0.3 is 9.84 Å². The Balaban J connectivity index is 1.37. The minimum atomic E-state index is -0.168. The SMILES string of the molecule is OCCOc1ccc(CN2C[C@H]3CC[C@@H]2CN(Cc2ccc(F)cc2)C3)cc1. The summed E-state index contributed by atoms with van der Waals surface area (Å²) in [7, 11) is 0. The highest BCUT2D eigenvalue weighted by atomic mass is 19.1. The van der Waals surface area contributed by atoms with E-state index in [-0.39, 0.29) is 12.4 Å². The zero-order chi connectivity index (χ0) is 19.3. The number of benzene rings is 2. The molecular formula is C23H29FN2O2. The molecule has 0 spiro atoms. The van der Waals surface area contributed by atoms with E-state index in [1.165, 1.54) is 24.0 Å². The summed E-state index contributed by atoms with van der Waals surface area (Å²) in [6.07, 6.45) is 2.55. The highest BCUT2D eigenvalue weighted by Gasteiger charge is 2.34. The van der Waals surface area contributed by atoms with Gasteiger partial charge in [0, 0.05) is 38.8 Å². The van der Waals surface area contributed by atoms with Crippen LogP contribution in [-0.4, -0.2) is 53.8 Å². The van der Waals surface area contributed by atoms with Crippen molar-refractivity contribution < 1.29 is 14.2 Å². The summed E-state index contributed by atoms with van der Waals surface area (Å²) in [4.78, 5) is 5.17. The van der Waals surface area contributed by atoms with Crippen LogP contribution in [0.15, 0.2) is 48.5 Å². The molecule has 3 aliphatic heterocycles. The van der Waals surface area contributed by atoms with Gasteiger partial charge in [-0.2, -0.15) is 0 Å². The number of hydrogen-bond donors (Lipinski definition) is 1. The Hall–Kier alpha value is -1.95. The standard InChI is InChI=1S/C23H29FN2O2/c24-21-6-1-18(2-7-21)13-25-14-20-3-8-22(17-25)26(16-20)15-19-4-9-23(10-5-19)28-12-11-27/h1-2,4-7,9-10,20,22,27H,3,8,11-17H2/t20-,22+/m0/s1. The van der Waals surface area contributed by atoms with E-state index < -0.39 is 0 Å². The van der Waals surface area contributed by atoms with Gasteiger partial charge in [-0.05, 0) is 54.2 Å². The number of hydrogen-bond acceptors (Lipinski definition) is 4. The number of aliphatic hydroxyl groups excluding tert-OH is 1. The molecule has 1 N–H and O–H groups in total. The first kappa shape index (κ1) is 19.4. The van der Waals surface area contributed by atoms with E-state index in [2.05, 4.69) is 21.9 Å². The molecule has 2 bridgehead atoms. The largest absolute Gasteiger partial charge is 0.491 e. The van der Waals surface area contributed by atoms with Crippen molar-refractivity contribution in [1.29, 1.82) is 0 Å². The van der Waals surface area contributed by atoms with Crippen molar-refractivity contribution in [2.24, 2.45) is 5.92 Å². The molecule has 2 atom stereocenters. The molecular weight excluding hydrogens is 355 g/mol. The maximum absolute atomic E-state index is 13.2. The Morgan fingerprint density at radius 1 is 0.893 bits per heavy atom. The van der Waals surface area contributed by atoms with Crippen molar-refractivity contribution in [3.05, 3.63) is 65.5 Å². The monoisotopic (exact) mass is 384 g/mol. The van der Waals surface area contributed by atoms with Crippen molar-refractivity contribution in [2.75, 3.05) is 32.8 Å². The summed E-state index contributed by atoms with van der Waals surface area (Å²) >= 11 is 0. The van der Waals surface area contributed by atoms with Crippen molar-refractivity contribution >= 4 is 0 Å². The van der Waals surface area contributed by atoms with Crippen molar-refractivity contribution in [1.82, 2.24) is 9.80 Å². The third-order valence-electron chi connectivity index (χ3n) is 5.89. The predicted molar refractivity (Wildman–Crippen MR) is 108 cm³/mol. The second-order valence-electron chi connectivity index (χ2n) is 8.06. The summed E-state index contributed by atoms with van der Waals surface area (Å²) in [5.41, 5.74) is 2.49. The van der Waals surface area contributed by atoms with Gasteiger partial charge in [-0.1, -0.05) is 24.3 Å². The molecule has 3 aliphatic rings. The molecule has 3 heterocycles. The fourth-order valence-electron chi connectivity index (χ4n) is 4.54. The lowest BCUT2D eigenvalue weighted by Crippen LogP contribution is -2.43. The van der Waals surface area contributed by atoms with Crippen LogP contribution in [0.25, 0.3) is 0 Å². The lowest BCUT2D eigenvalue weighted by Gasteiger charge is -2.36. The van der Waals surface area contributed by atoms with Crippen LogP contribution < -0.4 is 4.74 Å². The Morgan fingerprint density at radius 2 is 1.61 bits per heavy atom. The molecule has 0 saturated carbocycles. The van der Waals surface area contributed by atoms with E-state index in [9.17, 15) is 4.39 Å². The molecule has 5 rings (SSSR count). The summed E-state index contributed by atoms with van der Waals surface area (Å²) in [5, 5.41) is 8.86. The van der Waals surface area contributed by atoms with E-state index in [1.807, 2.05) is 24.3 Å². The first-order chi connectivity index (χ1) is 13.7. The topological polar surface area (TPSA) is 35.9 Å². The van der Waals surface area contributed by atoms with Crippen LogP contribution in [0.1, 0.15) is 24.0 Å². The average molecular weight is 384 g/mol. The fourth-order valence-corrected chi connectivity index (χ4v) is 4.54. The number of rotatable bonds is 7. The third kappa shape index (κ3) is 4.90. The Kier molecular flexibility index (Phi) is 6.25. The molecule has 0 unspecified atom stereocenters. The average Bonchev–Trinajstić information content (AvgIpc) is 3.00. The molecule has 2 aromatic carbocycles. The number of ether oxygens (including phenoxy) is 1. The van der Waals surface area contributed by atoms with Crippen LogP contribution in [0, 0.1) is 11.7 Å². The number of piperidine rings is 1. The summed E-state index contributed by atoms with van der Waals surface area (Å²) in [6, 6.07) is 15.7. The van der Waals surface area contributed by atoms with E-state index in [1.54, 1.807) is 12.1 Å². The molecule has 3 saturated heterocycles. The van der Waals surface area contributed by atoms with Gasteiger partial charge in [0.1, 0.15) is 18.2 Å². The molecule has 0 aliphatic carbocycles. The first-order valence-corrected chi connectivity index (χ1v) is 10.2. The van der Waals surface area contributed by atoms with Gasteiger partial charge >= 0.3 is 0 Å². The molecule has 2 aromatic rings. The van der Waals surface area contributed by atoms with Gasteiger partial charge in [0.05, 0.1) is 6.61 Å². The minimum Gasteiger partial charge on any atom is -0.491 e. The van der Waals surface area contributed by atoms with Crippen molar-refractivity contribution in [2.45, 2.75) is 32.0 Å². The summed E-state index contributed by atoms with van der Waals surface area (Å²) < 4.78 is 18.6. The Morgan fingerprint density at radius 3 is 2.36 bits per heavy atom. The molecule has 5 heteroatoms. The smallest absolute Gasteiger partial charge is 0.123 e. The summed E-state index contributed by atoms with van der Waals surface area (Å²) in [5.74, 6) is 1.34. The quantitative estimate of drug-likeness (QED) is 0.795. The Bertz CT molecular complexity index is 750. The zero-order valence-electron chi connectivity index (χ0n) is 16.3. The molecule has 28 heavy (non-hydrogen) atoms. The van der Waals surface area contributed by atoms with Gasteiger partial charge in [-0.15, -0.1) is 0 Å². The second-order valence-corrected chi connectivity index (χ2v) is 8.06. The van der Waals surface area contributed by atoms with Gasteiger partial charge in [0.25, 0.3) is 0 Å². The van der Waals surface area contributed by atoms with Crippen molar-refractivity contribution in [3.63, 3.8) is 0 Å². The van der Waals surface area contributed by atoms with Gasteiger partial charge in [0.15, 0.2) is 0 Å². The number of fused-ring (bicyclic) bond motifs is 4. The lowest BCUT2D eigenvalue weighted by molar-refractivity contribution is 0.123. The number of aliphatic hydroxyl groups is 1. The van der Waals surface area contributed by atoms with E-state index in [0.29, 0.717) is 18.6 Å². The van der Waals surface area contributed by atoms with Crippen LogP contribution in [0.3, 0.4) is 0 Å². The van der Waals surface area contributed by atoms with Crippen LogP contribution in [0.4, 0.5) is 4.39 Å². The normalized spacial score (nSPS) is 22.9. The fraction of sp³-hybridized carbons (Fsp3) is 0.478. The molecule has 0 radical (unpaired) electrons. The van der Waals surface area contributed by atoms with Crippen LogP contribution >= 0.6 is 0 Å². The molecule has 150 valence electrons. The maximum Gasteiger partial charge on any atom is 0.123 e. The molecule has 4 nitrogen and oxygen atoms in total. The minimum absolute atomic E-state index is 0.0347. The van der Waals surface area contributed by atoms with Gasteiger partial charge in [0.2, 0.25) is 0 Å². The second kappa shape index (κ2) is 9.03. The molecule has 0 amide bonds. The van der Waals surface area contributed by atoms with Crippen molar-refractivity contribution in [3.8, 4) is 5.75 Å². The number of halogens is 1. The highest BCUT2D eigenvalue weighted by molar-refractivity contribution is 5.27. The van der Waals surface area contributed by atoms with E-state index >= 15 is 0 Å². The lowest BCUT2D eigenvalue weighted by atomic mass is 9.94. The summed E-state index contributed by atoms with van der Waals surface area (Å²) in [6.45, 7) is 5.58. The number of nitrogens with zero attached hydrogens (tertiary/aromatic N) is 2. The highest BCUT2D eigenvalue weighted by Crippen LogP contribution is 2.30. The van der Waals surface area contributed by atoms with Crippen LogP contribution in [0.5, 0.6) is 5.75 Å². The van der Waals surface area contributed by atoms with Crippen LogP contribution in [0.2, 0.25) is 0 Å². The van der Waals surface area contributed by atoms with Crippen LogP contribution in [-0.2, 0) is 13.1 Å². The van der Waals surface area contributed by atoms with E-state index in [4.69, 9.17) is 9.84 Å². The maximum atomic E-state index is 13.2. The predicted octanol–water partition coefficient (Wildman–Crippen LogP) is 3.29. The Labute approximate surface area is 166 Å². The third-order valence-corrected chi connectivity index (χ3v) is 5.89. The zero-order valence-corrected chi connectivity index (χ0v) is 16.3. The van der Waals surface area contributed by atoms with E-state index in [0.717, 1.165) is 38.5 Å². The molecule has 0 aromatic heterocycles. The first-order valence-electron chi connectivity index (χ1n) is 10.2.